The van der Waals surface area contributed by atoms with Crippen LogP contribution in [-0.4, -0.2) is 49.8 Å². The van der Waals surface area contributed by atoms with Gasteiger partial charge in [-0.05, 0) is 50.7 Å². The first-order chi connectivity index (χ1) is 9.15. The van der Waals surface area contributed by atoms with Crippen molar-refractivity contribution < 1.29 is 4.74 Å². The summed E-state index contributed by atoms with van der Waals surface area (Å²) in [5.41, 5.74) is 0.598. The van der Waals surface area contributed by atoms with Crippen molar-refractivity contribution in [2.75, 3.05) is 32.7 Å². The van der Waals surface area contributed by atoms with Gasteiger partial charge in [-0.15, -0.1) is 0 Å². The molecule has 0 bridgehead atoms. The molecule has 0 spiro atoms. The van der Waals surface area contributed by atoms with E-state index in [2.05, 4.69) is 31.0 Å². The number of piperidine rings is 1. The van der Waals surface area contributed by atoms with Crippen molar-refractivity contribution in [3.8, 4) is 0 Å². The van der Waals surface area contributed by atoms with Crippen LogP contribution in [-0.2, 0) is 4.74 Å². The molecule has 0 amide bonds. The fourth-order valence-electron chi connectivity index (χ4n) is 3.29. The van der Waals surface area contributed by atoms with E-state index in [1.54, 1.807) is 0 Å². The maximum atomic E-state index is 6.14. The Morgan fingerprint density at radius 3 is 2.47 bits per heavy atom. The second-order valence-electron chi connectivity index (χ2n) is 6.73. The number of rotatable bonds is 6. The van der Waals surface area contributed by atoms with Crippen LogP contribution < -0.4 is 5.32 Å². The number of ether oxygens (including phenoxy) is 1. The van der Waals surface area contributed by atoms with Gasteiger partial charge in [-0.1, -0.05) is 27.2 Å². The van der Waals surface area contributed by atoms with Gasteiger partial charge in [-0.2, -0.15) is 0 Å². The Kier molecular flexibility index (Phi) is 5.67. The predicted octanol–water partition coefficient (Wildman–Crippen LogP) is 2.66. The molecule has 2 atom stereocenters. The van der Waals surface area contributed by atoms with Crippen molar-refractivity contribution >= 4 is 0 Å². The molecule has 0 aromatic heterocycles. The predicted molar refractivity (Wildman–Crippen MR) is 80.5 cm³/mol. The molecule has 2 unspecified atom stereocenters. The van der Waals surface area contributed by atoms with Gasteiger partial charge in [0.1, 0.15) is 0 Å². The number of likely N-dealkylation sites (N-methyl/N-ethyl adjacent to an activating group) is 1. The van der Waals surface area contributed by atoms with E-state index in [0.29, 0.717) is 17.6 Å². The van der Waals surface area contributed by atoms with Crippen LogP contribution in [0.3, 0.4) is 0 Å². The summed E-state index contributed by atoms with van der Waals surface area (Å²) in [7, 11) is 0. The highest BCUT2D eigenvalue weighted by Gasteiger charge is 2.31. The second-order valence-corrected chi connectivity index (χ2v) is 6.73. The quantitative estimate of drug-likeness (QED) is 0.801. The van der Waals surface area contributed by atoms with Crippen LogP contribution in [0, 0.1) is 5.41 Å². The molecule has 1 N–H and O–H groups in total. The topological polar surface area (TPSA) is 24.5 Å². The lowest BCUT2D eigenvalue weighted by molar-refractivity contribution is 0.00941. The van der Waals surface area contributed by atoms with Crippen LogP contribution in [0.4, 0.5) is 0 Å². The SMILES string of the molecule is CCNCC1CCC(CN2CCC(C)(CC)CC2)O1. The summed E-state index contributed by atoms with van der Waals surface area (Å²) >= 11 is 0. The fourth-order valence-corrected chi connectivity index (χ4v) is 3.29. The van der Waals surface area contributed by atoms with E-state index in [0.717, 1.165) is 19.6 Å². The number of nitrogens with one attached hydrogen (secondary N) is 1. The summed E-state index contributed by atoms with van der Waals surface area (Å²) < 4.78 is 6.14. The number of likely N-dealkylation sites (tertiary alicyclic amines) is 1. The lowest BCUT2D eigenvalue weighted by Gasteiger charge is -2.39. The zero-order valence-electron chi connectivity index (χ0n) is 13.1. The van der Waals surface area contributed by atoms with Crippen LogP contribution in [0.15, 0.2) is 0 Å². The molecule has 3 heteroatoms. The molecule has 2 rings (SSSR count). The fraction of sp³-hybridized carbons (Fsp3) is 1.00. The zero-order chi connectivity index (χ0) is 13.7. The van der Waals surface area contributed by atoms with Crippen LogP contribution >= 0.6 is 0 Å². The van der Waals surface area contributed by atoms with Gasteiger partial charge < -0.3 is 15.0 Å². The van der Waals surface area contributed by atoms with Gasteiger partial charge in [0, 0.05) is 13.1 Å². The monoisotopic (exact) mass is 268 g/mol. The maximum absolute atomic E-state index is 6.14. The molecular formula is C16H32N2O. The summed E-state index contributed by atoms with van der Waals surface area (Å²) in [4.78, 5) is 2.62. The molecule has 2 fully saturated rings. The van der Waals surface area contributed by atoms with Crippen molar-refractivity contribution in [1.29, 1.82) is 0 Å². The molecule has 0 saturated carbocycles. The van der Waals surface area contributed by atoms with Crippen molar-refractivity contribution in [3.63, 3.8) is 0 Å². The third-order valence-electron chi connectivity index (χ3n) is 5.20. The van der Waals surface area contributed by atoms with Crippen LogP contribution in [0.1, 0.15) is 52.9 Å². The summed E-state index contributed by atoms with van der Waals surface area (Å²) in [5, 5.41) is 3.39. The average molecular weight is 268 g/mol. The van der Waals surface area contributed by atoms with Crippen LogP contribution in [0.25, 0.3) is 0 Å². The zero-order valence-corrected chi connectivity index (χ0v) is 13.1. The lowest BCUT2D eigenvalue weighted by Crippen LogP contribution is -2.42. The molecule has 3 nitrogen and oxygen atoms in total. The molecule has 2 saturated heterocycles. The minimum atomic E-state index is 0.454. The number of nitrogens with zero attached hydrogens (tertiary/aromatic N) is 1. The van der Waals surface area contributed by atoms with Crippen LogP contribution in [0.5, 0.6) is 0 Å². The van der Waals surface area contributed by atoms with Gasteiger partial charge in [0.25, 0.3) is 0 Å². The molecule has 2 aliphatic heterocycles. The first-order valence-electron chi connectivity index (χ1n) is 8.24. The molecule has 0 radical (unpaired) electrons. The standard InChI is InChI=1S/C16H32N2O/c1-4-16(3)8-10-18(11-9-16)13-15-7-6-14(19-15)12-17-5-2/h14-15,17H,4-13H2,1-3H3. The Morgan fingerprint density at radius 2 is 1.84 bits per heavy atom. The highest BCUT2D eigenvalue weighted by Crippen LogP contribution is 2.34. The van der Waals surface area contributed by atoms with Crippen molar-refractivity contribution in [2.45, 2.75) is 65.1 Å². The first-order valence-corrected chi connectivity index (χ1v) is 8.24. The Hall–Kier alpha value is -0.120. The first kappa shape index (κ1) is 15.3. The highest BCUT2D eigenvalue weighted by atomic mass is 16.5. The second kappa shape index (κ2) is 7.05. The largest absolute Gasteiger partial charge is 0.372 e. The van der Waals surface area contributed by atoms with E-state index in [9.17, 15) is 0 Å². The summed E-state index contributed by atoms with van der Waals surface area (Å²) in [6.07, 6.45) is 7.46. The highest BCUT2D eigenvalue weighted by molar-refractivity contribution is 4.84. The summed E-state index contributed by atoms with van der Waals surface area (Å²) in [5.74, 6) is 0. The van der Waals surface area contributed by atoms with Crippen LogP contribution in [0.2, 0.25) is 0 Å². The van der Waals surface area contributed by atoms with Gasteiger partial charge in [-0.25, -0.2) is 0 Å². The molecule has 2 heterocycles. The third kappa shape index (κ3) is 4.44. The van der Waals surface area contributed by atoms with Crippen molar-refractivity contribution in [2.24, 2.45) is 5.41 Å². The summed E-state index contributed by atoms with van der Waals surface area (Å²) in [6, 6.07) is 0. The smallest absolute Gasteiger partial charge is 0.0707 e. The van der Waals surface area contributed by atoms with Crippen molar-refractivity contribution in [1.82, 2.24) is 10.2 Å². The van der Waals surface area contributed by atoms with E-state index in [4.69, 9.17) is 4.74 Å². The van der Waals surface area contributed by atoms with E-state index in [1.165, 1.54) is 45.2 Å². The van der Waals surface area contributed by atoms with Gasteiger partial charge in [0.05, 0.1) is 12.2 Å². The minimum Gasteiger partial charge on any atom is -0.372 e. The molecule has 0 aromatic rings. The molecule has 0 aliphatic carbocycles. The van der Waals surface area contributed by atoms with E-state index < -0.39 is 0 Å². The molecular weight excluding hydrogens is 236 g/mol. The lowest BCUT2D eigenvalue weighted by atomic mass is 9.78. The summed E-state index contributed by atoms with van der Waals surface area (Å²) in [6.45, 7) is 12.7. The Morgan fingerprint density at radius 1 is 1.16 bits per heavy atom. The Labute approximate surface area is 119 Å². The van der Waals surface area contributed by atoms with Gasteiger partial charge in [-0.3, -0.25) is 0 Å². The maximum Gasteiger partial charge on any atom is 0.0707 e. The Bertz CT molecular complexity index is 261. The minimum absolute atomic E-state index is 0.454. The van der Waals surface area contributed by atoms with Gasteiger partial charge >= 0.3 is 0 Å². The molecule has 19 heavy (non-hydrogen) atoms. The number of hydrogen-bond acceptors (Lipinski definition) is 3. The molecule has 2 aliphatic rings. The molecule has 0 aromatic carbocycles. The Balaban J connectivity index is 1.66. The van der Waals surface area contributed by atoms with Gasteiger partial charge in [0.2, 0.25) is 0 Å². The normalized spacial score (nSPS) is 31.7. The van der Waals surface area contributed by atoms with Crippen molar-refractivity contribution in [3.05, 3.63) is 0 Å². The van der Waals surface area contributed by atoms with E-state index in [1.807, 2.05) is 0 Å². The third-order valence-corrected chi connectivity index (χ3v) is 5.20. The average Bonchev–Trinajstić information content (AvgIpc) is 2.87. The molecule has 112 valence electrons. The van der Waals surface area contributed by atoms with E-state index >= 15 is 0 Å². The van der Waals surface area contributed by atoms with Gasteiger partial charge in [0.15, 0.2) is 0 Å². The van der Waals surface area contributed by atoms with E-state index in [-0.39, 0.29) is 0 Å². The number of hydrogen-bond donors (Lipinski definition) is 1.